The molecule has 0 aromatic heterocycles. The largest absolute Gasteiger partial charge is 0.264 e. The van der Waals surface area contributed by atoms with Crippen LogP contribution >= 0.6 is 11.6 Å². The Hall–Kier alpha value is -1.59. The lowest BCUT2D eigenvalue weighted by molar-refractivity contribution is 0.585. The summed E-state index contributed by atoms with van der Waals surface area (Å²) >= 11 is 5.81. The molecular weight excluding hydrogens is 313 g/mol. The Morgan fingerprint density at radius 1 is 1.10 bits per heavy atom. The Morgan fingerprint density at radius 3 is 2.33 bits per heavy atom. The molecule has 0 fully saturated rings. The molecular formula is C15H15ClFNO2S. The smallest absolute Gasteiger partial charge is 0.264 e. The number of hydrogen-bond donors (Lipinski definition) is 0. The molecule has 0 saturated carbocycles. The minimum atomic E-state index is -3.86. The van der Waals surface area contributed by atoms with E-state index in [9.17, 15) is 12.8 Å². The molecule has 2 aromatic carbocycles. The van der Waals surface area contributed by atoms with Gasteiger partial charge in [0.25, 0.3) is 10.0 Å². The monoisotopic (exact) mass is 327 g/mol. The average Bonchev–Trinajstić information content (AvgIpc) is 2.49. The van der Waals surface area contributed by atoms with E-state index in [2.05, 4.69) is 0 Å². The quantitative estimate of drug-likeness (QED) is 0.784. The standard InChI is InChI=1S/C15H15ClFNO2S/c1-2-18(14-9-5-4-8-13(14)17)21(19,20)15-10-6-3-7-12(15)11-16/h3-10H,2,11H2,1H3. The van der Waals surface area contributed by atoms with E-state index in [0.717, 1.165) is 4.31 Å². The lowest BCUT2D eigenvalue weighted by Crippen LogP contribution is -2.32. The van der Waals surface area contributed by atoms with Crippen LogP contribution in [0.5, 0.6) is 0 Å². The summed E-state index contributed by atoms with van der Waals surface area (Å²) in [6.07, 6.45) is 0. The van der Waals surface area contributed by atoms with Crippen LogP contribution in [0.3, 0.4) is 0 Å². The lowest BCUT2D eigenvalue weighted by atomic mass is 10.2. The molecule has 6 heteroatoms. The molecule has 0 aliphatic rings. The molecule has 21 heavy (non-hydrogen) atoms. The zero-order valence-electron chi connectivity index (χ0n) is 11.5. The third-order valence-electron chi connectivity index (χ3n) is 3.09. The van der Waals surface area contributed by atoms with E-state index in [1.165, 1.54) is 24.3 Å². The molecule has 0 unspecified atom stereocenters. The zero-order valence-corrected chi connectivity index (χ0v) is 13.0. The second kappa shape index (κ2) is 6.45. The lowest BCUT2D eigenvalue weighted by Gasteiger charge is -2.24. The first-order chi connectivity index (χ1) is 10.0. The Labute approximate surface area is 129 Å². The first kappa shape index (κ1) is 15.8. The van der Waals surface area contributed by atoms with Crippen LogP contribution in [-0.2, 0) is 15.9 Å². The maximum atomic E-state index is 13.9. The van der Waals surface area contributed by atoms with Crippen molar-refractivity contribution in [2.24, 2.45) is 0 Å². The fourth-order valence-electron chi connectivity index (χ4n) is 2.11. The van der Waals surface area contributed by atoms with Crippen molar-refractivity contribution in [3.05, 3.63) is 59.9 Å². The van der Waals surface area contributed by atoms with Gasteiger partial charge < -0.3 is 0 Å². The molecule has 0 aliphatic heterocycles. The molecule has 0 aliphatic carbocycles. The van der Waals surface area contributed by atoms with Crippen molar-refractivity contribution in [3.63, 3.8) is 0 Å². The molecule has 0 saturated heterocycles. The second-order valence-corrected chi connectivity index (χ2v) is 6.46. The van der Waals surface area contributed by atoms with Crippen molar-refractivity contribution >= 4 is 27.3 Å². The second-order valence-electron chi connectivity index (χ2n) is 4.36. The molecule has 112 valence electrons. The molecule has 0 N–H and O–H groups in total. The van der Waals surface area contributed by atoms with Gasteiger partial charge in [0.2, 0.25) is 0 Å². The molecule has 0 spiro atoms. The highest BCUT2D eigenvalue weighted by atomic mass is 35.5. The van der Waals surface area contributed by atoms with Gasteiger partial charge in [-0.05, 0) is 30.7 Å². The number of hydrogen-bond acceptors (Lipinski definition) is 2. The van der Waals surface area contributed by atoms with E-state index in [1.54, 1.807) is 31.2 Å². The fourth-order valence-corrected chi connectivity index (χ4v) is 4.13. The Morgan fingerprint density at radius 2 is 1.71 bits per heavy atom. The summed E-state index contributed by atoms with van der Waals surface area (Å²) in [5, 5.41) is 0. The minimum absolute atomic E-state index is 0.0318. The number of para-hydroxylation sites is 1. The van der Waals surface area contributed by atoms with Gasteiger partial charge >= 0.3 is 0 Å². The highest BCUT2D eigenvalue weighted by molar-refractivity contribution is 7.92. The number of alkyl halides is 1. The van der Waals surface area contributed by atoms with Gasteiger partial charge in [0.15, 0.2) is 0 Å². The highest BCUT2D eigenvalue weighted by Gasteiger charge is 2.27. The molecule has 0 heterocycles. The minimum Gasteiger partial charge on any atom is -0.264 e. The SMILES string of the molecule is CCN(c1ccccc1F)S(=O)(=O)c1ccccc1CCl. The number of rotatable bonds is 5. The number of benzene rings is 2. The summed E-state index contributed by atoms with van der Waals surface area (Å²) in [5.41, 5.74) is 0.526. The van der Waals surface area contributed by atoms with Gasteiger partial charge in [-0.2, -0.15) is 0 Å². The summed E-state index contributed by atoms with van der Waals surface area (Å²) in [6, 6.07) is 12.3. The third-order valence-corrected chi connectivity index (χ3v) is 5.37. The van der Waals surface area contributed by atoms with Crippen LogP contribution in [0.25, 0.3) is 0 Å². The van der Waals surface area contributed by atoms with E-state index >= 15 is 0 Å². The molecule has 0 atom stereocenters. The van der Waals surface area contributed by atoms with Gasteiger partial charge in [0.1, 0.15) is 5.82 Å². The summed E-state index contributed by atoms with van der Waals surface area (Å²) in [7, 11) is -3.86. The van der Waals surface area contributed by atoms with Gasteiger partial charge in [-0.25, -0.2) is 12.8 Å². The first-order valence-electron chi connectivity index (χ1n) is 6.43. The van der Waals surface area contributed by atoms with Crippen molar-refractivity contribution in [1.82, 2.24) is 0 Å². The highest BCUT2D eigenvalue weighted by Crippen LogP contribution is 2.28. The van der Waals surface area contributed by atoms with Crippen LogP contribution in [0.15, 0.2) is 53.4 Å². The predicted octanol–water partition coefficient (Wildman–Crippen LogP) is 3.78. The Balaban J connectivity index is 2.58. The van der Waals surface area contributed by atoms with Crippen molar-refractivity contribution in [3.8, 4) is 0 Å². The molecule has 2 rings (SSSR count). The normalized spacial score (nSPS) is 11.4. The summed E-state index contributed by atoms with van der Waals surface area (Å²) < 4.78 is 40.6. The molecule has 2 aromatic rings. The first-order valence-corrected chi connectivity index (χ1v) is 8.41. The molecule has 3 nitrogen and oxygen atoms in total. The van der Waals surface area contributed by atoms with Crippen LogP contribution in [0.4, 0.5) is 10.1 Å². The number of halogens is 2. The maximum absolute atomic E-state index is 13.9. The van der Waals surface area contributed by atoms with E-state index in [4.69, 9.17) is 11.6 Å². The third kappa shape index (κ3) is 3.04. The van der Waals surface area contributed by atoms with Crippen LogP contribution < -0.4 is 4.31 Å². The molecule has 0 radical (unpaired) electrons. The number of sulfonamides is 1. The van der Waals surface area contributed by atoms with Crippen molar-refractivity contribution in [2.45, 2.75) is 17.7 Å². The fraction of sp³-hybridized carbons (Fsp3) is 0.200. The summed E-state index contributed by atoms with van der Waals surface area (Å²) in [5.74, 6) is -0.504. The van der Waals surface area contributed by atoms with Gasteiger partial charge in [0, 0.05) is 12.4 Å². The Bertz CT molecular complexity index is 734. The molecule has 0 bridgehead atoms. The van der Waals surface area contributed by atoms with E-state index in [0.29, 0.717) is 5.56 Å². The van der Waals surface area contributed by atoms with E-state index in [-0.39, 0.29) is 23.0 Å². The van der Waals surface area contributed by atoms with Crippen molar-refractivity contribution in [1.29, 1.82) is 0 Å². The maximum Gasteiger partial charge on any atom is 0.264 e. The van der Waals surface area contributed by atoms with Crippen molar-refractivity contribution in [2.75, 3.05) is 10.8 Å². The van der Waals surface area contributed by atoms with Gasteiger partial charge in [-0.1, -0.05) is 30.3 Å². The summed E-state index contributed by atoms with van der Waals surface area (Å²) in [4.78, 5) is 0.102. The van der Waals surface area contributed by atoms with Gasteiger partial charge in [-0.3, -0.25) is 4.31 Å². The van der Waals surface area contributed by atoms with Crippen LogP contribution in [0.1, 0.15) is 12.5 Å². The predicted molar refractivity (Wildman–Crippen MR) is 82.6 cm³/mol. The van der Waals surface area contributed by atoms with Gasteiger partial charge in [-0.15, -0.1) is 11.6 Å². The average molecular weight is 328 g/mol. The van der Waals surface area contributed by atoms with E-state index < -0.39 is 15.8 Å². The zero-order chi connectivity index (χ0) is 15.5. The van der Waals surface area contributed by atoms with Crippen LogP contribution in [-0.4, -0.2) is 15.0 Å². The van der Waals surface area contributed by atoms with E-state index in [1.807, 2.05) is 0 Å². The Kier molecular flexibility index (Phi) is 4.85. The van der Waals surface area contributed by atoms with Crippen molar-refractivity contribution < 1.29 is 12.8 Å². The molecule has 0 amide bonds. The van der Waals surface area contributed by atoms with Gasteiger partial charge in [0.05, 0.1) is 10.6 Å². The van der Waals surface area contributed by atoms with Crippen LogP contribution in [0, 0.1) is 5.82 Å². The topological polar surface area (TPSA) is 37.4 Å². The van der Waals surface area contributed by atoms with Crippen LogP contribution in [0.2, 0.25) is 0 Å². The summed E-state index contributed by atoms with van der Waals surface area (Å²) in [6.45, 7) is 1.78. The number of nitrogens with zero attached hydrogens (tertiary/aromatic N) is 1. The number of anilines is 1.